The van der Waals surface area contributed by atoms with Crippen molar-refractivity contribution in [3.05, 3.63) is 46.0 Å². The highest BCUT2D eigenvalue weighted by molar-refractivity contribution is 7.99. The number of hydrogen-bond donors (Lipinski definition) is 2. The number of amides is 1. The van der Waals surface area contributed by atoms with E-state index in [0.29, 0.717) is 5.75 Å². The summed E-state index contributed by atoms with van der Waals surface area (Å²) < 4.78 is 11.1. The molecule has 0 spiro atoms. The van der Waals surface area contributed by atoms with E-state index in [2.05, 4.69) is 15.5 Å². The Kier molecular flexibility index (Phi) is 4.98. The first kappa shape index (κ1) is 17.5. The second-order valence-electron chi connectivity index (χ2n) is 6.42. The van der Waals surface area contributed by atoms with Gasteiger partial charge < -0.3 is 19.6 Å². The van der Waals surface area contributed by atoms with Crippen molar-refractivity contribution < 1.29 is 24.2 Å². The van der Waals surface area contributed by atoms with Gasteiger partial charge in [0.2, 0.25) is 5.91 Å². The molecular formula is C16H19N3O6S. The number of nitrogens with zero attached hydrogens (tertiary/aromatic N) is 1. The van der Waals surface area contributed by atoms with Gasteiger partial charge in [0.15, 0.2) is 6.10 Å². The van der Waals surface area contributed by atoms with Gasteiger partial charge in [0, 0.05) is 5.75 Å². The van der Waals surface area contributed by atoms with Gasteiger partial charge >= 0.3 is 0 Å². The summed E-state index contributed by atoms with van der Waals surface area (Å²) in [4.78, 5) is 27.7. The molecule has 1 amide bonds. The first-order valence-corrected chi connectivity index (χ1v) is 9.44. The molecule has 26 heavy (non-hydrogen) atoms. The van der Waals surface area contributed by atoms with E-state index >= 15 is 0 Å². The van der Waals surface area contributed by atoms with Crippen molar-refractivity contribution in [2.45, 2.75) is 35.8 Å². The monoisotopic (exact) mass is 381 g/mol. The highest BCUT2D eigenvalue weighted by atomic mass is 32.2. The van der Waals surface area contributed by atoms with Crippen LogP contribution in [0.3, 0.4) is 0 Å². The molecule has 140 valence electrons. The minimum absolute atomic E-state index is 0.0797. The molecule has 3 saturated heterocycles. The van der Waals surface area contributed by atoms with Crippen molar-refractivity contribution in [2.75, 3.05) is 19.0 Å². The van der Waals surface area contributed by atoms with Crippen LogP contribution < -0.4 is 10.6 Å². The topological polar surface area (TPSA) is 112 Å². The molecule has 1 aromatic rings. The maximum absolute atomic E-state index is 12.6. The lowest BCUT2D eigenvalue weighted by atomic mass is 10.1. The Balaban J connectivity index is 1.31. The largest absolute Gasteiger partial charge is 0.371 e. The number of fused-ring (bicyclic) bond motifs is 1. The molecule has 4 rings (SSSR count). The predicted octanol–water partition coefficient (Wildman–Crippen LogP) is 0.250. The van der Waals surface area contributed by atoms with E-state index in [1.165, 1.54) is 0 Å². The van der Waals surface area contributed by atoms with Crippen LogP contribution in [0.4, 0.5) is 0 Å². The summed E-state index contributed by atoms with van der Waals surface area (Å²) in [6.07, 6.45) is -1.71. The summed E-state index contributed by atoms with van der Waals surface area (Å²) in [5.74, 6) is 0.550. The SMILES string of the molecule is O=C(N[C@H]1CO[C@H]2[C@@H]1OC[C@@H]2O[N+](=O)[O-])C1CSC(c2ccccc2)N1. The first-order chi connectivity index (χ1) is 12.6. The van der Waals surface area contributed by atoms with Crippen molar-refractivity contribution in [2.24, 2.45) is 0 Å². The van der Waals surface area contributed by atoms with E-state index in [0.717, 1.165) is 5.56 Å². The zero-order valence-electron chi connectivity index (χ0n) is 13.8. The number of hydrogen-bond acceptors (Lipinski definition) is 8. The van der Waals surface area contributed by atoms with Crippen LogP contribution in [0, 0.1) is 10.1 Å². The van der Waals surface area contributed by atoms with E-state index in [1.807, 2.05) is 30.3 Å². The molecule has 0 radical (unpaired) electrons. The van der Waals surface area contributed by atoms with Crippen molar-refractivity contribution in [3.8, 4) is 0 Å². The molecule has 3 fully saturated rings. The first-order valence-electron chi connectivity index (χ1n) is 8.39. The number of carbonyl (C=O) groups excluding carboxylic acids is 1. The number of ether oxygens (including phenoxy) is 2. The number of thioether (sulfide) groups is 1. The lowest BCUT2D eigenvalue weighted by Gasteiger charge is -2.20. The molecule has 0 aromatic heterocycles. The summed E-state index contributed by atoms with van der Waals surface area (Å²) in [5, 5.41) is 16.0. The van der Waals surface area contributed by atoms with Gasteiger partial charge in [-0.15, -0.1) is 21.9 Å². The summed E-state index contributed by atoms with van der Waals surface area (Å²) in [7, 11) is 0. The normalized spacial score (nSPS) is 35.8. The molecule has 0 aliphatic carbocycles. The summed E-state index contributed by atoms with van der Waals surface area (Å²) in [5.41, 5.74) is 1.14. The van der Waals surface area contributed by atoms with Gasteiger partial charge in [0.25, 0.3) is 5.09 Å². The molecule has 10 heteroatoms. The summed E-state index contributed by atoms with van der Waals surface area (Å²) in [6.45, 7) is 0.330. The molecule has 0 bridgehead atoms. The van der Waals surface area contributed by atoms with Gasteiger partial charge in [0.05, 0.1) is 30.7 Å². The Bertz CT molecular complexity index is 677. The maximum Gasteiger partial charge on any atom is 0.294 e. The molecule has 3 aliphatic rings. The zero-order chi connectivity index (χ0) is 18.1. The fraction of sp³-hybridized carbons (Fsp3) is 0.562. The zero-order valence-corrected chi connectivity index (χ0v) is 14.6. The van der Waals surface area contributed by atoms with Gasteiger partial charge in [-0.2, -0.15) is 0 Å². The van der Waals surface area contributed by atoms with E-state index in [1.54, 1.807) is 11.8 Å². The Morgan fingerprint density at radius 2 is 2.04 bits per heavy atom. The van der Waals surface area contributed by atoms with E-state index in [9.17, 15) is 14.9 Å². The predicted molar refractivity (Wildman–Crippen MR) is 91.8 cm³/mol. The number of benzene rings is 1. The van der Waals surface area contributed by atoms with Crippen LogP contribution in [0.5, 0.6) is 0 Å². The Morgan fingerprint density at radius 1 is 1.27 bits per heavy atom. The van der Waals surface area contributed by atoms with Crippen molar-refractivity contribution >= 4 is 17.7 Å². The van der Waals surface area contributed by atoms with Crippen LogP contribution in [0.25, 0.3) is 0 Å². The Labute approximate surface area is 153 Å². The molecular weight excluding hydrogens is 362 g/mol. The second kappa shape index (κ2) is 7.39. The third kappa shape index (κ3) is 3.50. The maximum atomic E-state index is 12.6. The van der Waals surface area contributed by atoms with Crippen LogP contribution >= 0.6 is 11.8 Å². The Morgan fingerprint density at radius 3 is 2.81 bits per heavy atom. The molecule has 0 saturated carbocycles. The fourth-order valence-electron chi connectivity index (χ4n) is 3.52. The van der Waals surface area contributed by atoms with Crippen LogP contribution in [0.1, 0.15) is 10.9 Å². The summed E-state index contributed by atoms with van der Waals surface area (Å²) in [6, 6.07) is 9.32. The van der Waals surface area contributed by atoms with Crippen molar-refractivity contribution in [1.82, 2.24) is 10.6 Å². The van der Waals surface area contributed by atoms with Crippen LogP contribution in [0.2, 0.25) is 0 Å². The average molecular weight is 381 g/mol. The molecule has 2 unspecified atom stereocenters. The molecule has 1 aromatic carbocycles. The quantitative estimate of drug-likeness (QED) is 0.551. The van der Waals surface area contributed by atoms with Crippen LogP contribution in [-0.4, -0.2) is 60.4 Å². The van der Waals surface area contributed by atoms with Gasteiger partial charge in [-0.25, -0.2) is 0 Å². The standard InChI is InChI=1S/C16H19N3O6S/c20-15(11-8-26-16(18-11)9-4-2-1-3-5-9)17-10-6-23-14-12(25-19(21)22)7-24-13(10)14/h1-5,10-14,16,18H,6-8H2,(H,17,20)/t10-,11?,12-,13+,14+,16?/m0/s1. The lowest BCUT2D eigenvalue weighted by Crippen LogP contribution is -2.51. The van der Waals surface area contributed by atoms with Crippen molar-refractivity contribution in [1.29, 1.82) is 0 Å². The molecule has 3 heterocycles. The number of carbonyl (C=O) groups is 1. The number of nitrogens with one attached hydrogen (secondary N) is 2. The average Bonchev–Trinajstić information content (AvgIpc) is 3.34. The van der Waals surface area contributed by atoms with E-state index in [-0.39, 0.29) is 36.6 Å². The highest BCUT2D eigenvalue weighted by Crippen LogP contribution is 2.33. The lowest BCUT2D eigenvalue weighted by molar-refractivity contribution is -0.769. The van der Waals surface area contributed by atoms with Gasteiger partial charge in [0.1, 0.15) is 12.2 Å². The van der Waals surface area contributed by atoms with Crippen LogP contribution in [0.15, 0.2) is 30.3 Å². The number of rotatable bonds is 5. The second-order valence-corrected chi connectivity index (χ2v) is 7.56. The third-order valence-corrected chi connectivity index (χ3v) is 6.03. The van der Waals surface area contributed by atoms with E-state index < -0.39 is 23.4 Å². The molecule has 9 nitrogen and oxygen atoms in total. The summed E-state index contributed by atoms with van der Waals surface area (Å²) >= 11 is 1.69. The van der Waals surface area contributed by atoms with E-state index in [4.69, 9.17) is 9.47 Å². The minimum Gasteiger partial charge on any atom is -0.371 e. The van der Waals surface area contributed by atoms with Crippen LogP contribution in [-0.2, 0) is 19.1 Å². The van der Waals surface area contributed by atoms with Gasteiger partial charge in [-0.3, -0.25) is 10.1 Å². The molecule has 6 atom stereocenters. The fourth-order valence-corrected chi connectivity index (χ4v) is 4.76. The minimum atomic E-state index is -0.838. The molecule has 2 N–H and O–H groups in total. The molecule has 3 aliphatic heterocycles. The van der Waals surface area contributed by atoms with Crippen molar-refractivity contribution in [3.63, 3.8) is 0 Å². The van der Waals surface area contributed by atoms with Gasteiger partial charge in [-0.1, -0.05) is 30.3 Å². The smallest absolute Gasteiger partial charge is 0.294 e. The highest BCUT2D eigenvalue weighted by Gasteiger charge is 2.50. The Hall–Kier alpha value is -1.88. The van der Waals surface area contributed by atoms with Gasteiger partial charge in [-0.05, 0) is 5.56 Å². The third-order valence-electron chi connectivity index (χ3n) is 4.76.